The number of fused-ring (bicyclic) bond motifs is 1. The number of rotatable bonds is 2. The van der Waals surface area contributed by atoms with Gasteiger partial charge < -0.3 is 20.1 Å². The quantitative estimate of drug-likeness (QED) is 0.862. The van der Waals surface area contributed by atoms with Crippen LogP contribution in [0.3, 0.4) is 0 Å². The molecule has 0 aromatic heterocycles. The molecular formula is C16H22N2O3. The van der Waals surface area contributed by atoms with Crippen LogP contribution in [0, 0.1) is 5.92 Å². The Morgan fingerprint density at radius 3 is 2.67 bits per heavy atom. The number of ether oxygens (including phenoxy) is 2. The minimum absolute atomic E-state index is 0.0995. The number of amides is 1. The van der Waals surface area contributed by atoms with E-state index in [2.05, 4.69) is 17.6 Å². The van der Waals surface area contributed by atoms with Gasteiger partial charge in [0.05, 0.1) is 0 Å². The first-order valence-corrected chi connectivity index (χ1v) is 7.58. The van der Waals surface area contributed by atoms with E-state index in [4.69, 9.17) is 9.47 Å². The number of piperidine rings is 1. The SMILES string of the molecule is CC1CCNCC1NC(=O)C1Oc2ccccc2OC1C. The minimum Gasteiger partial charge on any atom is -0.482 e. The van der Waals surface area contributed by atoms with Crippen LogP contribution in [0.15, 0.2) is 24.3 Å². The number of benzene rings is 1. The first-order chi connectivity index (χ1) is 10.1. The summed E-state index contributed by atoms with van der Waals surface area (Å²) in [6.07, 6.45) is 0.173. The molecule has 0 bridgehead atoms. The van der Waals surface area contributed by atoms with Gasteiger partial charge in [-0.1, -0.05) is 19.1 Å². The van der Waals surface area contributed by atoms with Gasteiger partial charge in [0.25, 0.3) is 5.91 Å². The second kappa shape index (κ2) is 5.93. The van der Waals surface area contributed by atoms with Gasteiger partial charge in [0.2, 0.25) is 6.10 Å². The van der Waals surface area contributed by atoms with Crippen LogP contribution in [0.25, 0.3) is 0 Å². The van der Waals surface area contributed by atoms with Crippen molar-refractivity contribution in [2.45, 2.75) is 38.5 Å². The fourth-order valence-corrected chi connectivity index (χ4v) is 2.85. The third-order valence-corrected chi connectivity index (χ3v) is 4.26. The monoisotopic (exact) mass is 290 g/mol. The Morgan fingerprint density at radius 2 is 1.95 bits per heavy atom. The zero-order chi connectivity index (χ0) is 14.8. The lowest BCUT2D eigenvalue weighted by Gasteiger charge is -2.34. The van der Waals surface area contributed by atoms with Gasteiger partial charge in [-0.15, -0.1) is 0 Å². The van der Waals surface area contributed by atoms with Gasteiger partial charge in [-0.05, 0) is 37.9 Å². The molecule has 1 amide bonds. The Balaban J connectivity index is 1.67. The fourth-order valence-electron chi connectivity index (χ4n) is 2.85. The molecule has 1 saturated heterocycles. The van der Waals surface area contributed by atoms with Gasteiger partial charge in [0, 0.05) is 12.6 Å². The largest absolute Gasteiger partial charge is 0.482 e. The van der Waals surface area contributed by atoms with Crippen LogP contribution in [0.1, 0.15) is 20.3 Å². The number of carbonyl (C=O) groups excluding carboxylic acids is 1. The molecule has 1 aromatic rings. The lowest BCUT2D eigenvalue weighted by Crippen LogP contribution is -2.56. The van der Waals surface area contributed by atoms with Gasteiger partial charge in [-0.2, -0.15) is 0 Å². The fraction of sp³-hybridized carbons (Fsp3) is 0.562. The van der Waals surface area contributed by atoms with Crippen LogP contribution in [0.5, 0.6) is 11.5 Å². The van der Waals surface area contributed by atoms with Crippen molar-refractivity contribution in [3.63, 3.8) is 0 Å². The van der Waals surface area contributed by atoms with Gasteiger partial charge in [0.15, 0.2) is 11.5 Å². The van der Waals surface area contributed by atoms with E-state index in [0.29, 0.717) is 17.4 Å². The topological polar surface area (TPSA) is 59.6 Å². The van der Waals surface area contributed by atoms with E-state index in [-0.39, 0.29) is 18.1 Å². The average molecular weight is 290 g/mol. The van der Waals surface area contributed by atoms with Gasteiger partial charge in [-0.3, -0.25) is 4.79 Å². The third kappa shape index (κ3) is 2.97. The number of nitrogens with one attached hydrogen (secondary N) is 2. The van der Waals surface area contributed by atoms with Crippen molar-refractivity contribution in [3.8, 4) is 11.5 Å². The lowest BCUT2D eigenvalue weighted by molar-refractivity contribution is -0.134. The number of carbonyl (C=O) groups is 1. The Bertz CT molecular complexity index is 520. The Labute approximate surface area is 125 Å². The maximum absolute atomic E-state index is 12.5. The van der Waals surface area contributed by atoms with Crippen molar-refractivity contribution >= 4 is 5.91 Å². The molecule has 21 heavy (non-hydrogen) atoms. The summed E-state index contributed by atoms with van der Waals surface area (Å²) in [7, 11) is 0. The average Bonchev–Trinajstić information content (AvgIpc) is 2.49. The summed E-state index contributed by atoms with van der Waals surface area (Å²) >= 11 is 0. The Morgan fingerprint density at radius 1 is 1.24 bits per heavy atom. The highest BCUT2D eigenvalue weighted by Gasteiger charge is 2.35. The Kier molecular flexibility index (Phi) is 4.01. The molecule has 0 aliphatic carbocycles. The molecule has 0 spiro atoms. The molecular weight excluding hydrogens is 268 g/mol. The number of para-hydroxylation sites is 2. The molecule has 5 heteroatoms. The predicted molar refractivity (Wildman–Crippen MR) is 79.5 cm³/mol. The van der Waals surface area contributed by atoms with Gasteiger partial charge in [-0.25, -0.2) is 0 Å². The smallest absolute Gasteiger partial charge is 0.265 e. The second-order valence-corrected chi connectivity index (χ2v) is 5.89. The standard InChI is InChI=1S/C16H22N2O3/c1-10-7-8-17-9-12(10)18-16(19)15-11(2)20-13-5-3-4-6-14(13)21-15/h3-6,10-12,15,17H,7-9H2,1-2H3,(H,18,19). The van der Waals surface area contributed by atoms with Crippen LogP contribution in [0.4, 0.5) is 0 Å². The zero-order valence-corrected chi connectivity index (χ0v) is 12.5. The molecule has 0 saturated carbocycles. The molecule has 2 heterocycles. The van der Waals surface area contributed by atoms with E-state index >= 15 is 0 Å². The van der Waals surface area contributed by atoms with E-state index in [1.807, 2.05) is 31.2 Å². The summed E-state index contributed by atoms with van der Waals surface area (Å²) in [5, 5.41) is 6.41. The van der Waals surface area contributed by atoms with E-state index in [1.54, 1.807) is 0 Å². The van der Waals surface area contributed by atoms with Crippen LogP contribution < -0.4 is 20.1 Å². The van der Waals surface area contributed by atoms with E-state index in [9.17, 15) is 4.79 Å². The summed E-state index contributed by atoms with van der Waals surface area (Å²) in [5.74, 6) is 1.70. The summed E-state index contributed by atoms with van der Waals surface area (Å²) in [6.45, 7) is 5.86. The minimum atomic E-state index is -0.603. The van der Waals surface area contributed by atoms with Crippen molar-refractivity contribution in [1.29, 1.82) is 0 Å². The molecule has 2 aliphatic heterocycles. The summed E-state index contributed by atoms with van der Waals surface area (Å²) in [5.41, 5.74) is 0. The molecule has 2 aliphatic rings. The summed E-state index contributed by atoms with van der Waals surface area (Å²) < 4.78 is 11.6. The molecule has 114 valence electrons. The van der Waals surface area contributed by atoms with E-state index in [1.165, 1.54) is 0 Å². The number of hydrogen-bond acceptors (Lipinski definition) is 4. The highest BCUT2D eigenvalue weighted by Crippen LogP contribution is 2.33. The molecule has 1 fully saturated rings. The normalized spacial score (nSPS) is 31.5. The van der Waals surface area contributed by atoms with Gasteiger partial charge in [0.1, 0.15) is 6.10 Å². The van der Waals surface area contributed by atoms with Crippen LogP contribution in [-0.2, 0) is 4.79 Å². The second-order valence-electron chi connectivity index (χ2n) is 5.89. The summed E-state index contributed by atoms with van der Waals surface area (Å²) in [6, 6.07) is 7.60. The van der Waals surface area contributed by atoms with Crippen LogP contribution in [0.2, 0.25) is 0 Å². The molecule has 4 unspecified atom stereocenters. The first kappa shape index (κ1) is 14.2. The van der Waals surface area contributed by atoms with Crippen molar-refractivity contribution in [3.05, 3.63) is 24.3 Å². The maximum atomic E-state index is 12.5. The summed E-state index contributed by atoms with van der Waals surface area (Å²) in [4.78, 5) is 12.5. The highest BCUT2D eigenvalue weighted by atomic mass is 16.6. The van der Waals surface area contributed by atoms with Crippen molar-refractivity contribution in [2.24, 2.45) is 5.92 Å². The number of hydrogen-bond donors (Lipinski definition) is 2. The highest BCUT2D eigenvalue weighted by molar-refractivity contribution is 5.82. The molecule has 3 rings (SSSR count). The van der Waals surface area contributed by atoms with E-state index in [0.717, 1.165) is 19.5 Å². The van der Waals surface area contributed by atoms with Crippen LogP contribution >= 0.6 is 0 Å². The van der Waals surface area contributed by atoms with Gasteiger partial charge >= 0.3 is 0 Å². The molecule has 2 N–H and O–H groups in total. The van der Waals surface area contributed by atoms with E-state index < -0.39 is 6.10 Å². The Hall–Kier alpha value is -1.75. The maximum Gasteiger partial charge on any atom is 0.265 e. The van der Waals surface area contributed by atoms with Crippen molar-refractivity contribution < 1.29 is 14.3 Å². The van der Waals surface area contributed by atoms with Crippen LogP contribution in [-0.4, -0.2) is 37.2 Å². The molecule has 5 nitrogen and oxygen atoms in total. The predicted octanol–water partition coefficient (Wildman–Crippen LogP) is 1.33. The van der Waals surface area contributed by atoms with Crippen molar-refractivity contribution in [2.75, 3.05) is 13.1 Å². The molecule has 1 aromatic carbocycles. The lowest BCUT2D eigenvalue weighted by atomic mass is 9.94. The zero-order valence-electron chi connectivity index (χ0n) is 12.5. The van der Waals surface area contributed by atoms with Crippen molar-refractivity contribution in [1.82, 2.24) is 10.6 Å². The first-order valence-electron chi connectivity index (χ1n) is 7.58. The third-order valence-electron chi connectivity index (χ3n) is 4.26. The molecule has 4 atom stereocenters. The molecule has 0 radical (unpaired) electrons.